The van der Waals surface area contributed by atoms with E-state index in [4.69, 9.17) is 4.74 Å². The van der Waals surface area contributed by atoms with Crippen LogP contribution in [0.3, 0.4) is 0 Å². The van der Waals surface area contributed by atoms with Gasteiger partial charge in [0.25, 0.3) is 0 Å². The minimum Gasteiger partial charge on any atom is -0.493 e. The van der Waals surface area contributed by atoms with E-state index in [1.807, 2.05) is 32.9 Å². The number of benzene rings is 2. The highest BCUT2D eigenvalue weighted by molar-refractivity contribution is 9.10. The molecule has 5 nitrogen and oxygen atoms in total. The first kappa shape index (κ1) is 24.1. The monoisotopic (exact) mass is 533 g/mol. The molecule has 0 bridgehead atoms. The van der Waals surface area contributed by atoms with E-state index in [2.05, 4.69) is 26.2 Å². The van der Waals surface area contributed by atoms with Gasteiger partial charge in [-0.15, -0.1) is 10.2 Å². The summed E-state index contributed by atoms with van der Waals surface area (Å²) in [5.41, 5.74) is 1.25. The van der Waals surface area contributed by atoms with Crippen molar-refractivity contribution in [3.63, 3.8) is 0 Å². The lowest BCUT2D eigenvalue weighted by Gasteiger charge is -2.27. The first-order valence-corrected chi connectivity index (χ1v) is 11.3. The normalized spacial score (nSPS) is 16.1. The second-order valence-electron chi connectivity index (χ2n) is 8.95. The fourth-order valence-electron chi connectivity index (χ4n) is 4.32. The van der Waals surface area contributed by atoms with Crippen LogP contribution in [0.15, 0.2) is 68.8 Å². The van der Waals surface area contributed by atoms with E-state index in [-0.39, 0.29) is 22.5 Å². The summed E-state index contributed by atoms with van der Waals surface area (Å²) in [5.74, 6) is 0.157. The molecule has 0 unspecified atom stereocenters. The van der Waals surface area contributed by atoms with Crippen LogP contribution in [-0.2, 0) is 6.18 Å². The summed E-state index contributed by atoms with van der Waals surface area (Å²) < 4.78 is 48.0. The molecule has 34 heavy (non-hydrogen) atoms. The van der Waals surface area contributed by atoms with Crippen LogP contribution in [-0.4, -0.2) is 16.8 Å². The molecule has 0 saturated heterocycles. The number of para-hydroxylation sites is 1. The fourth-order valence-corrected chi connectivity index (χ4v) is 4.84. The van der Waals surface area contributed by atoms with Gasteiger partial charge in [0.2, 0.25) is 5.88 Å². The number of hydrogen-bond acceptors (Lipinski definition) is 4. The molecule has 9 heteroatoms. The number of aromatic hydroxyl groups is 1. The maximum absolute atomic E-state index is 13.5. The number of aromatic nitrogens is 1. The molecule has 0 radical (unpaired) electrons. The molecule has 4 rings (SSSR count). The largest absolute Gasteiger partial charge is 0.493 e. The number of allylic oxidation sites excluding steroid dienone is 4. The number of hydrogen-bond donors (Lipinski definition) is 1. The van der Waals surface area contributed by atoms with Crippen molar-refractivity contribution in [2.24, 2.45) is 15.6 Å². The Balaban J connectivity index is 1.97. The van der Waals surface area contributed by atoms with Gasteiger partial charge < -0.3 is 9.84 Å². The van der Waals surface area contributed by atoms with Crippen molar-refractivity contribution in [2.45, 2.75) is 33.4 Å². The second-order valence-corrected chi connectivity index (χ2v) is 9.81. The molecular formula is C25H23BrF3N3O2. The van der Waals surface area contributed by atoms with E-state index in [0.29, 0.717) is 27.0 Å². The highest BCUT2D eigenvalue weighted by Gasteiger charge is 2.32. The number of azo groups is 1. The Hall–Kier alpha value is -3.07. The Morgan fingerprint density at radius 1 is 1.15 bits per heavy atom. The van der Waals surface area contributed by atoms with Crippen molar-refractivity contribution in [2.75, 3.05) is 7.11 Å². The van der Waals surface area contributed by atoms with E-state index in [9.17, 15) is 18.3 Å². The molecule has 1 aromatic heterocycles. The molecule has 3 aromatic rings. The lowest BCUT2D eigenvalue weighted by Crippen LogP contribution is -2.14. The Morgan fingerprint density at radius 3 is 2.53 bits per heavy atom. The van der Waals surface area contributed by atoms with Gasteiger partial charge in [-0.1, -0.05) is 31.6 Å². The fraction of sp³-hybridized carbons (Fsp3) is 0.280. The molecule has 1 aliphatic rings. The Labute approximate surface area is 203 Å². The first-order chi connectivity index (χ1) is 15.9. The van der Waals surface area contributed by atoms with E-state index in [1.54, 1.807) is 18.2 Å². The number of rotatable bonds is 4. The minimum atomic E-state index is -4.53. The molecule has 0 aliphatic heterocycles. The Kier molecular flexibility index (Phi) is 6.10. The molecule has 0 atom stereocenters. The van der Waals surface area contributed by atoms with E-state index >= 15 is 0 Å². The zero-order valence-electron chi connectivity index (χ0n) is 19.0. The van der Waals surface area contributed by atoms with Gasteiger partial charge in [-0.25, -0.2) is 0 Å². The maximum atomic E-state index is 13.5. The second kappa shape index (κ2) is 8.61. The van der Waals surface area contributed by atoms with Crippen molar-refractivity contribution in [1.29, 1.82) is 0 Å². The minimum absolute atomic E-state index is 0.0704. The SMILES string of the molecule is COc1c(Br)cccc1N=Nc1c(O)n(C2=CC(C)(C)CC(C)=C2)c2cc(C(F)(F)F)ccc12. The molecule has 1 aliphatic carbocycles. The molecule has 2 aromatic carbocycles. The van der Waals surface area contributed by atoms with Gasteiger partial charge >= 0.3 is 6.18 Å². The molecule has 1 heterocycles. The summed E-state index contributed by atoms with van der Waals surface area (Å²) in [6, 6.07) is 8.54. The average Bonchev–Trinajstić information content (AvgIpc) is 3.00. The van der Waals surface area contributed by atoms with Gasteiger partial charge in [0.15, 0.2) is 11.4 Å². The Bertz CT molecular complexity index is 1370. The van der Waals surface area contributed by atoms with Crippen LogP contribution in [0.1, 0.15) is 32.8 Å². The number of fused-ring (bicyclic) bond motifs is 1. The van der Waals surface area contributed by atoms with Gasteiger partial charge in [0.05, 0.1) is 22.7 Å². The standard InChI is InChI=1S/C25H23BrF3N3O2/c1-14-10-16(13-24(2,3)12-14)32-20-11-15(25(27,28)29)8-9-17(20)21(23(32)33)31-30-19-7-5-6-18(26)22(19)34-4/h5-11,13,33H,12H2,1-4H3. The van der Waals surface area contributed by atoms with Gasteiger partial charge in [0.1, 0.15) is 5.69 Å². The van der Waals surface area contributed by atoms with Crippen LogP contribution in [0.5, 0.6) is 11.6 Å². The van der Waals surface area contributed by atoms with Crippen LogP contribution in [0.2, 0.25) is 0 Å². The smallest absolute Gasteiger partial charge is 0.416 e. The number of ether oxygens (including phenoxy) is 1. The third-order valence-corrected chi connectivity index (χ3v) is 6.20. The summed E-state index contributed by atoms with van der Waals surface area (Å²) in [5, 5.41) is 20.0. The number of alkyl halides is 3. The summed E-state index contributed by atoms with van der Waals surface area (Å²) in [4.78, 5) is 0. The average molecular weight is 534 g/mol. The summed E-state index contributed by atoms with van der Waals surface area (Å²) in [7, 11) is 1.49. The molecule has 0 spiro atoms. The van der Waals surface area contributed by atoms with Crippen molar-refractivity contribution < 1.29 is 23.0 Å². The first-order valence-electron chi connectivity index (χ1n) is 10.5. The zero-order valence-corrected chi connectivity index (χ0v) is 20.6. The highest BCUT2D eigenvalue weighted by Crippen LogP contribution is 2.46. The van der Waals surface area contributed by atoms with Gasteiger partial charge in [0, 0.05) is 11.1 Å². The molecule has 0 fully saturated rings. The predicted molar refractivity (Wildman–Crippen MR) is 130 cm³/mol. The van der Waals surface area contributed by atoms with Crippen LogP contribution in [0, 0.1) is 5.41 Å². The molecule has 0 amide bonds. The predicted octanol–water partition coefficient (Wildman–Crippen LogP) is 8.77. The van der Waals surface area contributed by atoms with Gasteiger partial charge in [-0.3, -0.25) is 4.57 Å². The summed E-state index contributed by atoms with van der Waals surface area (Å²) in [6.07, 6.45) is 0.0797. The molecule has 178 valence electrons. The lowest BCUT2D eigenvalue weighted by molar-refractivity contribution is -0.137. The maximum Gasteiger partial charge on any atom is 0.416 e. The molecule has 1 N–H and O–H groups in total. The third-order valence-electron chi connectivity index (χ3n) is 5.58. The van der Waals surface area contributed by atoms with Crippen LogP contribution >= 0.6 is 15.9 Å². The summed E-state index contributed by atoms with van der Waals surface area (Å²) in [6.45, 7) is 6.03. The van der Waals surface area contributed by atoms with Crippen molar-refractivity contribution in [3.05, 3.63) is 64.2 Å². The third kappa shape index (κ3) is 4.49. The topological polar surface area (TPSA) is 59.1 Å². The van der Waals surface area contributed by atoms with Gasteiger partial charge in [-0.05, 0) is 71.1 Å². The quantitative estimate of drug-likeness (QED) is 0.340. The summed E-state index contributed by atoms with van der Waals surface area (Å²) >= 11 is 3.39. The van der Waals surface area contributed by atoms with E-state index in [0.717, 1.165) is 24.1 Å². The van der Waals surface area contributed by atoms with Crippen LogP contribution in [0.25, 0.3) is 16.6 Å². The molecular weight excluding hydrogens is 511 g/mol. The highest BCUT2D eigenvalue weighted by atomic mass is 79.9. The van der Waals surface area contributed by atoms with E-state index < -0.39 is 11.7 Å². The number of nitrogens with zero attached hydrogens (tertiary/aromatic N) is 3. The van der Waals surface area contributed by atoms with Crippen molar-refractivity contribution >= 4 is 43.9 Å². The van der Waals surface area contributed by atoms with Crippen molar-refractivity contribution in [3.8, 4) is 11.6 Å². The zero-order chi connectivity index (χ0) is 24.8. The number of methoxy groups -OCH3 is 1. The molecule has 0 saturated carbocycles. The number of halogens is 4. The van der Waals surface area contributed by atoms with Crippen LogP contribution < -0.4 is 4.74 Å². The van der Waals surface area contributed by atoms with Gasteiger partial charge in [-0.2, -0.15) is 13.2 Å². The van der Waals surface area contributed by atoms with Crippen LogP contribution in [0.4, 0.5) is 24.5 Å². The van der Waals surface area contributed by atoms with E-state index in [1.165, 1.54) is 17.7 Å². The van der Waals surface area contributed by atoms with Crippen molar-refractivity contribution in [1.82, 2.24) is 4.57 Å². The Morgan fingerprint density at radius 2 is 1.88 bits per heavy atom. The lowest BCUT2D eigenvalue weighted by atomic mass is 9.81.